The van der Waals surface area contributed by atoms with Gasteiger partial charge in [0.05, 0.1) is 5.60 Å². The zero-order valence-corrected chi connectivity index (χ0v) is 13.4. The van der Waals surface area contributed by atoms with Crippen LogP contribution >= 0.6 is 15.9 Å². The van der Waals surface area contributed by atoms with Gasteiger partial charge in [-0.05, 0) is 46.3 Å². The molecule has 0 atom stereocenters. The summed E-state index contributed by atoms with van der Waals surface area (Å²) in [7, 11) is 0. The highest BCUT2D eigenvalue weighted by Crippen LogP contribution is 2.27. The Labute approximate surface area is 124 Å². The fourth-order valence-corrected chi connectivity index (χ4v) is 3.19. The van der Waals surface area contributed by atoms with Crippen LogP contribution in [0.25, 0.3) is 0 Å². The minimum atomic E-state index is -0.560. The molecule has 4 heteroatoms. The van der Waals surface area contributed by atoms with Crippen LogP contribution in [0.5, 0.6) is 0 Å². The molecule has 0 spiro atoms. The maximum Gasteiger partial charge on any atom is 0.0712 e. The van der Waals surface area contributed by atoms with Gasteiger partial charge >= 0.3 is 0 Å². The lowest BCUT2D eigenvalue weighted by atomic mass is 9.85. The van der Waals surface area contributed by atoms with Crippen LogP contribution in [0, 0.1) is 5.92 Å². The van der Waals surface area contributed by atoms with E-state index in [1.807, 2.05) is 12.3 Å². The molecule has 106 valence electrons. The Morgan fingerprint density at radius 2 is 2.05 bits per heavy atom. The number of aromatic nitrogens is 1. The lowest BCUT2D eigenvalue weighted by Crippen LogP contribution is -2.46. The third kappa shape index (κ3) is 4.55. The maximum atomic E-state index is 10.7. The molecule has 1 saturated heterocycles. The molecular formula is C15H23BrN2O. The second-order valence-electron chi connectivity index (χ2n) is 6.11. The summed E-state index contributed by atoms with van der Waals surface area (Å²) in [6, 6.07) is 2.05. The van der Waals surface area contributed by atoms with Crippen LogP contribution in [0.15, 0.2) is 22.9 Å². The number of pyridine rings is 1. The summed E-state index contributed by atoms with van der Waals surface area (Å²) in [5.41, 5.74) is 0.546. The predicted molar refractivity (Wildman–Crippen MR) is 81.1 cm³/mol. The molecule has 0 amide bonds. The first-order chi connectivity index (χ1) is 8.97. The van der Waals surface area contributed by atoms with E-state index >= 15 is 0 Å². The second kappa shape index (κ2) is 6.33. The van der Waals surface area contributed by atoms with Gasteiger partial charge in [0.25, 0.3) is 0 Å². The van der Waals surface area contributed by atoms with E-state index in [0.29, 0.717) is 12.3 Å². The lowest BCUT2D eigenvalue weighted by molar-refractivity contribution is -0.0227. The van der Waals surface area contributed by atoms with Gasteiger partial charge in [0.15, 0.2) is 0 Å². The SMILES string of the molecule is CC(C)CN1CCC(O)(Cc2cncc(Br)c2)CC1. The molecule has 2 rings (SSSR count). The summed E-state index contributed by atoms with van der Waals surface area (Å²) in [4.78, 5) is 6.62. The van der Waals surface area contributed by atoms with Crippen LogP contribution in [0.4, 0.5) is 0 Å². The number of piperidine rings is 1. The highest BCUT2D eigenvalue weighted by molar-refractivity contribution is 9.10. The van der Waals surface area contributed by atoms with Crippen molar-refractivity contribution < 1.29 is 5.11 Å². The van der Waals surface area contributed by atoms with Crippen molar-refractivity contribution >= 4 is 15.9 Å². The molecule has 1 aliphatic heterocycles. The van der Waals surface area contributed by atoms with Crippen molar-refractivity contribution in [3.05, 3.63) is 28.5 Å². The standard InChI is InChI=1S/C15H23BrN2O/c1-12(2)11-18-5-3-15(19,4-6-18)8-13-7-14(16)10-17-9-13/h7,9-10,12,19H,3-6,8,11H2,1-2H3. The molecule has 1 aliphatic rings. The summed E-state index contributed by atoms with van der Waals surface area (Å²) in [5.74, 6) is 0.695. The first kappa shape index (κ1) is 14.9. The molecule has 0 aromatic carbocycles. The van der Waals surface area contributed by atoms with E-state index in [1.54, 1.807) is 6.20 Å². The van der Waals surface area contributed by atoms with E-state index in [2.05, 4.69) is 39.7 Å². The Morgan fingerprint density at radius 3 is 2.63 bits per heavy atom. The Kier molecular flexibility index (Phi) is 4.98. The van der Waals surface area contributed by atoms with Crippen molar-refractivity contribution in [2.45, 2.75) is 38.7 Å². The van der Waals surface area contributed by atoms with Crippen molar-refractivity contribution in [3.8, 4) is 0 Å². The molecule has 0 bridgehead atoms. The third-order valence-electron chi connectivity index (χ3n) is 3.70. The van der Waals surface area contributed by atoms with Gasteiger partial charge in [-0.3, -0.25) is 4.98 Å². The summed E-state index contributed by atoms with van der Waals surface area (Å²) in [5, 5.41) is 10.7. The summed E-state index contributed by atoms with van der Waals surface area (Å²) >= 11 is 3.43. The second-order valence-corrected chi connectivity index (χ2v) is 7.02. The smallest absolute Gasteiger partial charge is 0.0712 e. The van der Waals surface area contributed by atoms with Gasteiger partial charge < -0.3 is 10.0 Å². The van der Waals surface area contributed by atoms with Gasteiger partial charge in [-0.1, -0.05) is 13.8 Å². The number of halogens is 1. The molecule has 2 heterocycles. The van der Waals surface area contributed by atoms with E-state index in [4.69, 9.17) is 0 Å². The Bertz CT molecular complexity index is 414. The molecule has 0 radical (unpaired) electrons. The van der Waals surface area contributed by atoms with Crippen LogP contribution in [0.2, 0.25) is 0 Å². The average molecular weight is 327 g/mol. The average Bonchev–Trinajstić information content (AvgIpc) is 2.32. The van der Waals surface area contributed by atoms with E-state index in [-0.39, 0.29) is 0 Å². The zero-order valence-electron chi connectivity index (χ0n) is 11.8. The van der Waals surface area contributed by atoms with Gasteiger partial charge in [0, 0.05) is 42.9 Å². The summed E-state index contributed by atoms with van der Waals surface area (Å²) in [6.45, 7) is 7.61. The molecular weight excluding hydrogens is 304 g/mol. The van der Waals surface area contributed by atoms with Crippen LogP contribution in [-0.2, 0) is 6.42 Å². The van der Waals surface area contributed by atoms with Crippen LogP contribution in [-0.4, -0.2) is 40.2 Å². The number of likely N-dealkylation sites (tertiary alicyclic amines) is 1. The minimum absolute atomic E-state index is 0.560. The van der Waals surface area contributed by atoms with Crippen molar-refractivity contribution in [1.29, 1.82) is 0 Å². The van der Waals surface area contributed by atoms with Crippen molar-refractivity contribution in [3.63, 3.8) is 0 Å². The lowest BCUT2D eigenvalue weighted by Gasteiger charge is -2.39. The topological polar surface area (TPSA) is 36.4 Å². The van der Waals surface area contributed by atoms with Gasteiger partial charge in [0.2, 0.25) is 0 Å². The molecule has 1 aromatic heterocycles. The maximum absolute atomic E-state index is 10.7. The van der Waals surface area contributed by atoms with E-state index in [1.165, 1.54) is 0 Å². The Balaban J connectivity index is 1.91. The Morgan fingerprint density at radius 1 is 1.37 bits per heavy atom. The molecule has 1 aromatic rings. The Hall–Kier alpha value is -0.450. The van der Waals surface area contributed by atoms with Crippen molar-refractivity contribution in [1.82, 2.24) is 9.88 Å². The molecule has 1 fully saturated rings. The number of nitrogens with zero attached hydrogens (tertiary/aromatic N) is 2. The number of hydrogen-bond donors (Lipinski definition) is 1. The van der Waals surface area contributed by atoms with Gasteiger partial charge in [0.1, 0.15) is 0 Å². The zero-order chi connectivity index (χ0) is 13.9. The highest BCUT2D eigenvalue weighted by atomic mass is 79.9. The largest absolute Gasteiger partial charge is 0.389 e. The highest BCUT2D eigenvalue weighted by Gasteiger charge is 2.32. The fraction of sp³-hybridized carbons (Fsp3) is 0.667. The van der Waals surface area contributed by atoms with Crippen molar-refractivity contribution in [2.75, 3.05) is 19.6 Å². The van der Waals surface area contributed by atoms with Gasteiger partial charge in [-0.15, -0.1) is 0 Å². The number of hydrogen-bond acceptors (Lipinski definition) is 3. The number of aliphatic hydroxyl groups is 1. The van der Waals surface area contributed by atoms with Crippen LogP contribution < -0.4 is 0 Å². The summed E-state index contributed by atoms with van der Waals surface area (Å²) in [6.07, 6.45) is 6.04. The molecule has 3 nitrogen and oxygen atoms in total. The third-order valence-corrected chi connectivity index (χ3v) is 4.14. The van der Waals surface area contributed by atoms with Crippen LogP contribution in [0.1, 0.15) is 32.3 Å². The van der Waals surface area contributed by atoms with E-state index in [0.717, 1.165) is 42.5 Å². The van der Waals surface area contributed by atoms with Gasteiger partial charge in [-0.2, -0.15) is 0 Å². The fourth-order valence-electron chi connectivity index (χ4n) is 2.78. The van der Waals surface area contributed by atoms with E-state index < -0.39 is 5.60 Å². The minimum Gasteiger partial charge on any atom is -0.389 e. The normalized spacial score (nSPS) is 19.8. The quantitative estimate of drug-likeness (QED) is 0.924. The van der Waals surface area contributed by atoms with Gasteiger partial charge in [-0.25, -0.2) is 0 Å². The van der Waals surface area contributed by atoms with Crippen molar-refractivity contribution in [2.24, 2.45) is 5.92 Å². The molecule has 0 unspecified atom stereocenters. The molecule has 0 saturated carbocycles. The molecule has 0 aliphatic carbocycles. The van der Waals surface area contributed by atoms with Crippen LogP contribution in [0.3, 0.4) is 0 Å². The molecule has 1 N–H and O–H groups in total. The first-order valence-electron chi connectivity index (χ1n) is 7.01. The van der Waals surface area contributed by atoms with E-state index in [9.17, 15) is 5.11 Å². The molecule has 19 heavy (non-hydrogen) atoms. The predicted octanol–water partition coefficient (Wildman–Crippen LogP) is 2.87. The monoisotopic (exact) mass is 326 g/mol. The summed E-state index contributed by atoms with van der Waals surface area (Å²) < 4.78 is 0.978. The number of rotatable bonds is 4. The first-order valence-corrected chi connectivity index (χ1v) is 7.80.